The third kappa shape index (κ3) is 3.81. The third-order valence-corrected chi connectivity index (χ3v) is 5.97. The molecule has 1 aromatic heterocycles. The number of anilines is 1. The van der Waals surface area contributed by atoms with Gasteiger partial charge < -0.3 is 10.1 Å². The van der Waals surface area contributed by atoms with Crippen molar-refractivity contribution in [2.75, 3.05) is 31.6 Å². The number of piperidine rings is 1. The number of rotatable bonds is 5. The number of esters is 1. The molecule has 0 aromatic carbocycles. The number of hydrogen-bond donors (Lipinski definition) is 1. The topological polar surface area (TPSA) is 58.6 Å². The van der Waals surface area contributed by atoms with Gasteiger partial charge in [-0.3, -0.25) is 9.69 Å². The Hall–Kier alpha value is -1.40. The van der Waals surface area contributed by atoms with Crippen molar-refractivity contribution in [2.24, 2.45) is 5.92 Å². The molecule has 1 aromatic rings. The largest absolute Gasteiger partial charge is 0.462 e. The van der Waals surface area contributed by atoms with Crippen LogP contribution in [-0.2, 0) is 22.4 Å². The lowest BCUT2D eigenvalue weighted by atomic mass is 10.0. The van der Waals surface area contributed by atoms with Crippen LogP contribution in [0.25, 0.3) is 0 Å². The normalized spacial score (nSPS) is 20.7. The van der Waals surface area contributed by atoms with E-state index in [0.717, 1.165) is 44.3 Å². The Bertz CT molecular complexity index is 626. The number of aryl methyl sites for hydroxylation is 1. The molecule has 1 fully saturated rings. The Labute approximate surface area is 147 Å². The standard InChI is InChI=1S/C18H26N2O3S/c1-3-23-18(22)16-13-7-4-8-14(13)24-17(16)19-15(21)11-20-9-5-6-12(2)10-20/h12H,3-11H2,1-2H3,(H,19,21)/t12-/m1/s1. The van der Waals surface area contributed by atoms with E-state index in [9.17, 15) is 9.59 Å². The monoisotopic (exact) mass is 350 g/mol. The summed E-state index contributed by atoms with van der Waals surface area (Å²) in [5, 5.41) is 3.65. The van der Waals surface area contributed by atoms with Gasteiger partial charge in [-0.15, -0.1) is 11.3 Å². The van der Waals surface area contributed by atoms with Gasteiger partial charge in [-0.2, -0.15) is 0 Å². The van der Waals surface area contributed by atoms with Gasteiger partial charge in [0.25, 0.3) is 0 Å². The van der Waals surface area contributed by atoms with Gasteiger partial charge in [0, 0.05) is 11.4 Å². The number of ether oxygens (including phenoxy) is 1. The molecule has 0 spiro atoms. The first-order chi connectivity index (χ1) is 11.6. The first kappa shape index (κ1) is 17.4. The molecule has 6 heteroatoms. The van der Waals surface area contributed by atoms with E-state index in [1.165, 1.54) is 11.3 Å². The smallest absolute Gasteiger partial charge is 0.341 e. The second-order valence-corrected chi connectivity index (χ2v) is 7.92. The van der Waals surface area contributed by atoms with Crippen LogP contribution < -0.4 is 5.32 Å². The first-order valence-electron chi connectivity index (χ1n) is 8.92. The highest BCUT2D eigenvalue weighted by Crippen LogP contribution is 2.39. The highest BCUT2D eigenvalue weighted by Gasteiger charge is 2.28. The molecule has 1 amide bonds. The minimum atomic E-state index is -0.307. The van der Waals surface area contributed by atoms with Crippen molar-refractivity contribution in [2.45, 2.75) is 46.0 Å². The van der Waals surface area contributed by atoms with Gasteiger partial charge in [0.15, 0.2) is 0 Å². The lowest BCUT2D eigenvalue weighted by molar-refractivity contribution is -0.117. The van der Waals surface area contributed by atoms with Crippen LogP contribution in [-0.4, -0.2) is 43.0 Å². The summed E-state index contributed by atoms with van der Waals surface area (Å²) in [7, 11) is 0. The summed E-state index contributed by atoms with van der Waals surface area (Å²) in [4.78, 5) is 28.2. The summed E-state index contributed by atoms with van der Waals surface area (Å²) in [6, 6.07) is 0. The minimum absolute atomic E-state index is 0.0328. The molecule has 1 aliphatic carbocycles. The fourth-order valence-corrected chi connectivity index (χ4v) is 5.00. The lowest BCUT2D eigenvalue weighted by Crippen LogP contribution is -2.39. The zero-order valence-corrected chi connectivity index (χ0v) is 15.3. The number of hydrogen-bond acceptors (Lipinski definition) is 5. The van der Waals surface area contributed by atoms with Gasteiger partial charge in [0.2, 0.25) is 5.91 Å². The Morgan fingerprint density at radius 2 is 2.17 bits per heavy atom. The van der Waals surface area contributed by atoms with Crippen molar-refractivity contribution in [3.05, 3.63) is 16.0 Å². The fourth-order valence-electron chi connectivity index (χ4n) is 3.71. The van der Waals surface area contributed by atoms with E-state index in [2.05, 4.69) is 17.1 Å². The average Bonchev–Trinajstić information content (AvgIpc) is 3.07. The van der Waals surface area contributed by atoms with E-state index in [1.807, 2.05) is 0 Å². The molecule has 1 saturated heterocycles. The van der Waals surface area contributed by atoms with E-state index >= 15 is 0 Å². The number of likely N-dealkylation sites (tertiary alicyclic amines) is 1. The number of carbonyl (C=O) groups is 2. The van der Waals surface area contributed by atoms with Crippen molar-refractivity contribution >= 4 is 28.2 Å². The van der Waals surface area contributed by atoms with Crippen LogP contribution in [0.5, 0.6) is 0 Å². The Kier molecular flexibility index (Phi) is 5.56. The number of nitrogens with one attached hydrogen (secondary N) is 1. The molecule has 2 heterocycles. The Morgan fingerprint density at radius 1 is 1.33 bits per heavy atom. The number of nitrogens with zero attached hydrogens (tertiary/aromatic N) is 1. The van der Waals surface area contributed by atoms with Gasteiger partial charge in [0.1, 0.15) is 5.00 Å². The van der Waals surface area contributed by atoms with Crippen molar-refractivity contribution in [3.8, 4) is 0 Å². The van der Waals surface area contributed by atoms with Gasteiger partial charge in [-0.05, 0) is 57.1 Å². The van der Waals surface area contributed by atoms with Crippen LogP contribution in [0.4, 0.5) is 5.00 Å². The number of thiophene rings is 1. The van der Waals surface area contributed by atoms with Gasteiger partial charge in [0.05, 0.1) is 18.7 Å². The molecule has 3 rings (SSSR count). The summed E-state index contributed by atoms with van der Waals surface area (Å²) in [6.07, 6.45) is 5.36. The van der Waals surface area contributed by atoms with E-state index < -0.39 is 0 Å². The maximum absolute atomic E-state index is 12.4. The quantitative estimate of drug-likeness (QED) is 0.829. The summed E-state index contributed by atoms with van der Waals surface area (Å²) in [5.74, 6) is 0.306. The van der Waals surface area contributed by atoms with Crippen LogP contribution in [0.2, 0.25) is 0 Å². The highest BCUT2D eigenvalue weighted by atomic mass is 32.1. The van der Waals surface area contributed by atoms with Crippen LogP contribution >= 0.6 is 11.3 Å². The molecular weight excluding hydrogens is 324 g/mol. The van der Waals surface area contributed by atoms with E-state index in [-0.39, 0.29) is 11.9 Å². The molecule has 1 aliphatic heterocycles. The van der Waals surface area contributed by atoms with Crippen molar-refractivity contribution in [1.29, 1.82) is 0 Å². The number of carbonyl (C=O) groups excluding carboxylic acids is 2. The zero-order chi connectivity index (χ0) is 17.1. The van der Waals surface area contributed by atoms with Gasteiger partial charge >= 0.3 is 5.97 Å². The summed E-state index contributed by atoms with van der Waals surface area (Å²) in [6.45, 7) is 6.73. The molecule has 0 saturated carbocycles. The van der Waals surface area contributed by atoms with E-state index in [4.69, 9.17) is 4.74 Å². The maximum atomic E-state index is 12.4. The summed E-state index contributed by atoms with van der Waals surface area (Å²) >= 11 is 1.54. The van der Waals surface area contributed by atoms with Gasteiger partial charge in [-0.1, -0.05) is 6.92 Å². The van der Waals surface area contributed by atoms with Crippen LogP contribution in [0, 0.1) is 5.92 Å². The molecule has 24 heavy (non-hydrogen) atoms. The highest BCUT2D eigenvalue weighted by molar-refractivity contribution is 7.17. The summed E-state index contributed by atoms with van der Waals surface area (Å²) < 4.78 is 5.20. The van der Waals surface area contributed by atoms with Crippen LogP contribution in [0.3, 0.4) is 0 Å². The second kappa shape index (κ2) is 7.66. The third-order valence-electron chi connectivity index (χ3n) is 4.76. The molecule has 0 radical (unpaired) electrons. The molecule has 0 unspecified atom stereocenters. The Balaban J connectivity index is 1.70. The number of amides is 1. The average molecular weight is 350 g/mol. The summed E-state index contributed by atoms with van der Waals surface area (Å²) in [5.41, 5.74) is 1.68. The SMILES string of the molecule is CCOC(=O)c1c(NC(=O)CN2CCC[C@@H](C)C2)sc2c1CCC2. The second-order valence-electron chi connectivity index (χ2n) is 6.81. The molecule has 5 nitrogen and oxygen atoms in total. The van der Waals surface area contributed by atoms with Crippen LogP contribution in [0.15, 0.2) is 0 Å². The van der Waals surface area contributed by atoms with Crippen molar-refractivity contribution < 1.29 is 14.3 Å². The van der Waals surface area contributed by atoms with Gasteiger partial charge in [-0.25, -0.2) is 4.79 Å². The predicted molar refractivity (Wildman–Crippen MR) is 95.8 cm³/mol. The van der Waals surface area contributed by atoms with Crippen molar-refractivity contribution in [1.82, 2.24) is 4.90 Å². The first-order valence-corrected chi connectivity index (χ1v) is 9.74. The minimum Gasteiger partial charge on any atom is -0.462 e. The van der Waals surface area contributed by atoms with Crippen LogP contribution in [0.1, 0.15) is 53.9 Å². The zero-order valence-electron chi connectivity index (χ0n) is 14.5. The van der Waals surface area contributed by atoms with E-state index in [0.29, 0.717) is 29.6 Å². The maximum Gasteiger partial charge on any atom is 0.341 e. The molecule has 2 aliphatic rings. The fraction of sp³-hybridized carbons (Fsp3) is 0.667. The molecule has 1 atom stereocenters. The van der Waals surface area contributed by atoms with E-state index in [1.54, 1.807) is 18.3 Å². The molecule has 1 N–H and O–H groups in total. The molecule has 132 valence electrons. The van der Waals surface area contributed by atoms with Crippen molar-refractivity contribution in [3.63, 3.8) is 0 Å². The lowest BCUT2D eigenvalue weighted by Gasteiger charge is -2.30. The predicted octanol–water partition coefficient (Wildman–Crippen LogP) is 3.08. The molecular formula is C18H26N2O3S. The Morgan fingerprint density at radius 3 is 2.92 bits per heavy atom. The number of fused-ring (bicyclic) bond motifs is 1. The molecule has 0 bridgehead atoms.